The van der Waals surface area contributed by atoms with Gasteiger partial charge in [-0.15, -0.1) is 0 Å². The van der Waals surface area contributed by atoms with E-state index in [1.807, 2.05) is 0 Å². The summed E-state index contributed by atoms with van der Waals surface area (Å²) in [5.41, 5.74) is 0. The molecule has 0 saturated heterocycles. The van der Waals surface area contributed by atoms with E-state index in [9.17, 15) is 0 Å². The summed E-state index contributed by atoms with van der Waals surface area (Å²) in [6.45, 7) is 4.09. The van der Waals surface area contributed by atoms with Crippen molar-refractivity contribution in [2.24, 2.45) is 0 Å². The molecular formula is C22H43NO. The Morgan fingerprint density at radius 1 is 0.542 bits per heavy atom. The van der Waals surface area contributed by atoms with E-state index in [0.717, 1.165) is 32.5 Å². The number of nitrogens with zero attached hydrogens (tertiary/aromatic N) is 1. The minimum Gasteiger partial charge on any atom is -0.381 e. The van der Waals surface area contributed by atoms with E-state index in [0.29, 0.717) is 6.42 Å². The van der Waals surface area contributed by atoms with Gasteiger partial charge in [0.2, 0.25) is 0 Å². The summed E-state index contributed by atoms with van der Waals surface area (Å²) in [7, 11) is 0. The molecule has 0 aliphatic rings. The zero-order chi connectivity index (χ0) is 17.6. The Labute approximate surface area is 152 Å². The number of ether oxygens (including phenoxy) is 1. The smallest absolute Gasteiger partial charge is 0.0621 e. The maximum Gasteiger partial charge on any atom is 0.0621 e. The van der Waals surface area contributed by atoms with Crippen LogP contribution < -0.4 is 0 Å². The normalized spacial score (nSPS) is 10.8. The molecule has 0 radical (unpaired) electrons. The summed E-state index contributed by atoms with van der Waals surface area (Å²) in [5, 5.41) is 8.44. The Balaban J connectivity index is 2.94. The number of unbranched alkanes of at least 4 members (excludes halogenated alkanes) is 16. The van der Waals surface area contributed by atoms with E-state index >= 15 is 0 Å². The molecule has 0 rings (SSSR count). The Hall–Kier alpha value is -0.550. The van der Waals surface area contributed by atoms with Gasteiger partial charge in [-0.1, -0.05) is 96.8 Å². The zero-order valence-corrected chi connectivity index (χ0v) is 16.5. The highest BCUT2D eigenvalue weighted by molar-refractivity contribution is 4.67. The predicted molar refractivity (Wildman–Crippen MR) is 105 cm³/mol. The van der Waals surface area contributed by atoms with Crippen LogP contribution in [0.5, 0.6) is 0 Å². The lowest BCUT2D eigenvalue weighted by Gasteiger charge is -2.04. The lowest BCUT2D eigenvalue weighted by Crippen LogP contribution is -1.97. The van der Waals surface area contributed by atoms with Gasteiger partial charge in [-0.2, -0.15) is 5.26 Å². The molecule has 0 amide bonds. The summed E-state index contributed by atoms with van der Waals surface area (Å²) in [5.74, 6) is 0. The second-order valence-electron chi connectivity index (χ2n) is 7.18. The van der Waals surface area contributed by atoms with E-state index in [2.05, 4.69) is 13.0 Å². The van der Waals surface area contributed by atoms with E-state index in [1.165, 1.54) is 89.9 Å². The van der Waals surface area contributed by atoms with Crippen molar-refractivity contribution in [3.8, 4) is 6.07 Å². The quantitative estimate of drug-likeness (QED) is 0.215. The molecule has 0 saturated carbocycles. The number of nitriles is 1. The van der Waals surface area contributed by atoms with Gasteiger partial charge in [0.1, 0.15) is 0 Å². The molecule has 0 aliphatic heterocycles. The van der Waals surface area contributed by atoms with Gasteiger partial charge in [0, 0.05) is 19.6 Å². The van der Waals surface area contributed by atoms with Crippen LogP contribution in [0.25, 0.3) is 0 Å². The first-order valence-corrected chi connectivity index (χ1v) is 10.9. The van der Waals surface area contributed by atoms with Gasteiger partial charge in [0.15, 0.2) is 0 Å². The summed E-state index contributed by atoms with van der Waals surface area (Å²) < 4.78 is 5.64. The van der Waals surface area contributed by atoms with Gasteiger partial charge in [-0.3, -0.25) is 0 Å². The monoisotopic (exact) mass is 337 g/mol. The molecule has 0 aromatic rings. The zero-order valence-electron chi connectivity index (χ0n) is 16.5. The summed E-state index contributed by atoms with van der Waals surface area (Å²) in [6.07, 6.45) is 23.6. The van der Waals surface area contributed by atoms with E-state index in [-0.39, 0.29) is 0 Å². The molecule has 0 aliphatic carbocycles. The molecule has 0 fully saturated rings. The highest BCUT2D eigenvalue weighted by Crippen LogP contribution is 2.13. The van der Waals surface area contributed by atoms with Crippen LogP contribution in [0, 0.1) is 11.3 Å². The van der Waals surface area contributed by atoms with Crippen LogP contribution in [0.3, 0.4) is 0 Å². The standard InChI is InChI=1S/C22H43NO/c1-2-3-4-5-6-7-8-9-10-11-12-13-15-18-21-24-22-19-16-14-17-20-23/h2-19,21-22H2,1H3. The first-order valence-electron chi connectivity index (χ1n) is 10.9. The molecule has 2 heteroatoms. The first kappa shape index (κ1) is 23.4. The van der Waals surface area contributed by atoms with Crippen LogP contribution in [-0.4, -0.2) is 13.2 Å². The predicted octanol–water partition coefficient (Wildman–Crippen LogP) is 7.57. The van der Waals surface area contributed by atoms with Gasteiger partial charge in [-0.25, -0.2) is 0 Å². The maximum absolute atomic E-state index is 8.44. The number of hydrogen-bond acceptors (Lipinski definition) is 2. The van der Waals surface area contributed by atoms with Crippen LogP contribution in [0.15, 0.2) is 0 Å². The molecule has 0 atom stereocenters. The van der Waals surface area contributed by atoms with Crippen molar-refractivity contribution in [1.29, 1.82) is 5.26 Å². The largest absolute Gasteiger partial charge is 0.381 e. The highest BCUT2D eigenvalue weighted by Gasteiger charge is 1.95. The average Bonchev–Trinajstić information content (AvgIpc) is 2.60. The average molecular weight is 338 g/mol. The van der Waals surface area contributed by atoms with Gasteiger partial charge in [0.25, 0.3) is 0 Å². The third-order valence-corrected chi connectivity index (χ3v) is 4.72. The van der Waals surface area contributed by atoms with Gasteiger partial charge < -0.3 is 4.74 Å². The fourth-order valence-electron chi connectivity index (χ4n) is 3.09. The molecule has 0 aromatic carbocycles. The second-order valence-corrected chi connectivity index (χ2v) is 7.18. The summed E-state index contributed by atoms with van der Waals surface area (Å²) >= 11 is 0. The van der Waals surface area contributed by atoms with Gasteiger partial charge in [-0.05, 0) is 19.3 Å². The van der Waals surface area contributed by atoms with Crippen LogP contribution >= 0.6 is 0 Å². The second kappa shape index (κ2) is 22.4. The molecule has 142 valence electrons. The molecule has 0 bridgehead atoms. The Morgan fingerprint density at radius 2 is 0.917 bits per heavy atom. The van der Waals surface area contributed by atoms with E-state index < -0.39 is 0 Å². The highest BCUT2D eigenvalue weighted by atomic mass is 16.5. The van der Waals surface area contributed by atoms with Crippen LogP contribution in [-0.2, 0) is 4.74 Å². The van der Waals surface area contributed by atoms with Crippen molar-refractivity contribution in [3.05, 3.63) is 0 Å². The van der Waals surface area contributed by atoms with Gasteiger partial charge >= 0.3 is 0 Å². The third kappa shape index (κ3) is 21.4. The Morgan fingerprint density at radius 3 is 1.33 bits per heavy atom. The lowest BCUT2D eigenvalue weighted by atomic mass is 10.0. The van der Waals surface area contributed by atoms with E-state index in [4.69, 9.17) is 10.00 Å². The number of rotatable bonds is 20. The SMILES string of the molecule is CCCCCCCCCCCCCCCCOCCCCCC#N. The van der Waals surface area contributed by atoms with Gasteiger partial charge in [0.05, 0.1) is 6.07 Å². The van der Waals surface area contributed by atoms with Crippen molar-refractivity contribution >= 4 is 0 Å². The molecule has 0 unspecified atom stereocenters. The summed E-state index contributed by atoms with van der Waals surface area (Å²) in [6, 6.07) is 2.19. The van der Waals surface area contributed by atoms with Crippen molar-refractivity contribution < 1.29 is 4.74 Å². The van der Waals surface area contributed by atoms with Crippen LogP contribution in [0.1, 0.15) is 122 Å². The Kier molecular flexibility index (Phi) is 21.9. The minimum absolute atomic E-state index is 0.693. The Bertz CT molecular complexity index is 259. The molecule has 2 nitrogen and oxygen atoms in total. The molecular weight excluding hydrogens is 294 g/mol. The topological polar surface area (TPSA) is 33.0 Å². The fraction of sp³-hybridized carbons (Fsp3) is 0.955. The number of hydrogen-bond donors (Lipinski definition) is 0. The molecule has 0 aromatic heterocycles. The van der Waals surface area contributed by atoms with E-state index in [1.54, 1.807) is 0 Å². The summed E-state index contributed by atoms with van der Waals surface area (Å²) in [4.78, 5) is 0. The van der Waals surface area contributed by atoms with Crippen molar-refractivity contribution in [2.45, 2.75) is 122 Å². The fourth-order valence-corrected chi connectivity index (χ4v) is 3.09. The third-order valence-electron chi connectivity index (χ3n) is 4.72. The van der Waals surface area contributed by atoms with Crippen LogP contribution in [0.4, 0.5) is 0 Å². The van der Waals surface area contributed by atoms with Crippen LogP contribution in [0.2, 0.25) is 0 Å². The molecule has 0 N–H and O–H groups in total. The first-order chi connectivity index (χ1) is 11.9. The lowest BCUT2D eigenvalue weighted by molar-refractivity contribution is 0.126. The molecule has 24 heavy (non-hydrogen) atoms. The van der Waals surface area contributed by atoms with Crippen molar-refractivity contribution in [3.63, 3.8) is 0 Å². The minimum atomic E-state index is 0.693. The van der Waals surface area contributed by atoms with Crippen molar-refractivity contribution in [2.75, 3.05) is 13.2 Å². The molecule has 0 spiro atoms. The van der Waals surface area contributed by atoms with Crippen molar-refractivity contribution in [1.82, 2.24) is 0 Å². The maximum atomic E-state index is 8.44. The molecule has 0 heterocycles.